The molecule has 1 amide bonds. The van der Waals surface area contributed by atoms with E-state index in [1.807, 2.05) is 0 Å². The number of aliphatic hydroxyl groups is 1. The van der Waals surface area contributed by atoms with Crippen LogP contribution < -0.4 is 5.32 Å². The van der Waals surface area contributed by atoms with Gasteiger partial charge in [0.15, 0.2) is 0 Å². The van der Waals surface area contributed by atoms with Gasteiger partial charge in [-0.25, -0.2) is 4.79 Å². The minimum Gasteiger partial charge on any atom is -0.465 e. The Bertz CT molecular complexity index is 149. The number of nitrogens with one attached hydrogen (secondary N) is 1. The Hall–Kier alpha value is -0.770. The molecule has 0 heterocycles. The van der Waals surface area contributed by atoms with Crippen LogP contribution in [0, 0.1) is 5.92 Å². The van der Waals surface area contributed by atoms with Gasteiger partial charge >= 0.3 is 6.09 Å². The molecule has 1 aliphatic carbocycles. The van der Waals surface area contributed by atoms with Crippen molar-refractivity contribution in [1.29, 1.82) is 0 Å². The zero-order valence-electron chi connectivity index (χ0n) is 6.29. The van der Waals surface area contributed by atoms with Crippen molar-refractivity contribution in [2.45, 2.75) is 25.3 Å². The molecule has 0 spiro atoms. The third-order valence-electron chi connectivity index (χ3n) is 2.20. The predicted octanol–water partition coefficient (Wildman–Crippen LogP) is 0.415. The van der Waals surface area contributed by atoms with E-state index in [9.17, 15) is 4.79 Å². The van der Waals surface area contributed by atoms with Gasteiger partial charge in [-0.15, -0.1) is 0 Å². The molecule has 1 aliphatic rings. The number of aliphatic hydroxyl groups excluding tert-OH is 1. The van der Waals surface area contributed by atoms with Crippen LogP contribution in [0.1, 0.15) is 19.3 Å². The van der Waals surface area contributed by atoms with Crippen molar-refractivity contribution in [2.24, 2.45) is 5.92 Å². The van der Waals surface area contributed by atoms with Crippen LogP contribution in [-0.4, -0.2) is 29.0 Å². The lowest BCUT2D eigenvalue weighted by atomic mass is 10.1. The molecule has 0 aliphatic heterocycles. The van der Waals surface area contributed by atoms with Crippen molar-refractivity contribution >= 4 is 6.09 Å². The standard InChI is InChI=1S/C7H13NO3/c9-4-5-2-1-3-6(5)8-7(10)11/h5-6,8-9H,1-4H2,(H,10,11)/t5-,6+/m0/s1. The molecule has 1 fully saturated rings. The number of hydrogen-bond acceptors (Lipinski definition) is 2. The van der Waals surface area contributed by atoms with E-state index in [0.717, 1.165) is 19.3 Å². The predicted molar refractivity (Wildman–Crippen MR) is 39.4 cm³/mol. The van der Waals surface area contributed by atoms with E-state index >= 15 is 0 Å². The van der Waals surface area contributed by atoms with E-state index < -0.39 is 6.09 Å². The largest absolute Gasteiger partial charge is 0.465 e. The Kier molecular flexibility index (Phi) is 2.70. The van der Waals surface area contributed by atoms with Crippen LogP contribution in [0.25, 0.3) is 0 Å². The van der Waals surface area contributed by atoms with Crippen molar-refractivity contribution in [3.8, 4) is 0 Å². The van der Waals surface area contributed by atoms with Gasteiger partial charge in [0, 0.05) is 18.6 Å². The Balaban J connectivity index is 2.37. The van der Waals surface area contributed by atoms with Crippen LogP contribution in [0.2, 0.25) is 0 Å². The van der Waals surface area contributed by atoms with Gasteiger partial charge in [-0.3, -0.25) is 0 Å². The second-order valence-electron chi connectivity index (χ2n) is 2.93. The molecule has 0 radical (unpaired) electrons. The summed E-state index contributed by atoms with van der Waals surface area (Å²) >= 11 is 0. The molecule has 1 saturated carbocycles. The van der Waals surface area contributed by atoms with Gasteiger partial charge in [-0.2, -0.15) is 0 Å². The van der Waals surface area contributed by atoms with Gasteiger partial charge < -0.3 is 15.5 Å². The number of carbonyl (C=O) groups is 1. The molecule has 0 saturated heterocycles. The Morgan fingerprint density at radius 2 is 2.27 bits per heavy atom. The van der Waals surface area contributed by atoms with Crippen molar-refractivity contribution in [1.82, 2.24) is 5.32 Å². The van der Waals surface area contributed by atoms with E-state index in [1.54, 1.807) is 0 Å². The molecule has 0 bridgehead atoms. The number of rotatable bonds is 2. The van der Waals surface area contributed by atoms with Crippen LogP contribution in [0.15, 0.2) is 0 Å². The average molecular weight is 159 g/mol. The van der Waals surface area contributed by atoms with E-state index in [1.165, 1.54) is 0 Å². The molecule has 0 aromatic carbocycles. The number of carboxylic acid groups (broad SMARTS) is 1. The summed E-state index contributed by atoms with van der Waals surface area (Å²) in [6.45, 7) is 0.0882. The van der Waals surface area contributed by atoms with Gasteiger partial charge in [0.25, 0.3) is 0 Å². The molecule has 11 heavy (non-hydrogen) atoms. The van der Waals surface area contributed by atoms with Crippen LogP contribution in [0.4, 0.5) is 4.79 Å². The minimum atomic E-state index is -0.990. The molecular formula is C7H13NO3. The topological polar surface area (TPSA) is 69.6 Å². The van der Waals surface area contributed by atoms with Crippen molar-refractivity contribution in [3.63, 3.8) is 0 Å². The molecule has 0 aromatic rings. The molecule has 4 heteroatoms. The summed E-state index contributed by atoms with van der Waals surface area (Å²) < 4.78 is 0. The highest BCUT2D eigenvalue weighted by atomic mass is 16.4. The third kappa shape index (κ3) is 2.08. The number of amides is 1. The quantitative estimate of drug-likeness (QED) is 0.546. The van der Waals surface area contributed by atoms with E-state index in [0.29, 0.717) is 0 Å². The summed E-state index contributed by atoms with van der Waals surface area (Å²) in [6.07, 6.45) is 1.81. The zero-order valence-corrected chi connectivity index (χ0v) is 6.29. The molecule has 1 rings (SSSR count). The fourth-order valence-electron chi connectivity index (χ4n) is 1.60. The highest BCUT2D eigenvalue weighted by Crippen LogP contribution is 2.24. The van der Waals surface area contributed by atoms with Crippen LogP contribution in [-0.2, 0) is 0 Å². The molecular weight excluding hydrogens is 146 g/mol. The summed E-state index contributed by atoms with van der Waals surface area (Å²) in [7, 11) is 0. The lowest BCUT2D eigenvalue weighted by Gasteiger charge is -2.16. The highest BCUT2D eigenvalue weighted by Gasteiger charge is 2.27. The van der Waals surface area contributed by atoms with Crippen molar-refractivity contribution < 1.29 is 15.0 Å². The van der Waals surface area contributed by atoms with E-state index in [-0.39, 0.29) is 18.6 Å². The Labute approximate surface area is 65.2 Å². The molecule has 0 aromatic heterocycles. The summed E-state index contributed by atoms with van der Waals surface area (Å²) in [5.74, 6) is 0.131. The van der Waals surface area contributed by atoms with E-state index in [2.05, 4.69) is 5.32 Å². The first-order valence-electron chi connectivity index (χ1n) is 3.84. The van der Waals surface area contributed by atoms with E-state index in [4.69, 9.17) is 10.2 Å². The van der Waals surface area contributed by atoms with Crippen LogP contribution in [0.5, 0.6) is 0 Å². The Morgan fingerprint density at radius 1 is 1.55 bits per heavy atom. The molecule has 3 N–H and O–H groups in total. The molecule has 0 unspecified atom stereocenters. The maximum absolute atomic E-state index is 10.2. The molecule has 64 valence electrons. The summed E-state index contributed by atoms with van der Waals surface area (Å²) in [5, 5.41) is 19.6. The van der Waals surface area contributed by atoms with Crippen molar-refractivity contribution in [2.75, 3.05) is 6.61 Å². The second kappa shape index (κ2) is 3.57. The summed E-state index contributed by atoms with van der Waals surface area (Å²) in [5.41, 5.74) is 0. The van der Waals surface area contributed by atoms with Crippen molar-refractivity contribution in [3.05, 3.63) is 0 Å². The lowest BCUT2D eigenvalue weighted by molar-refractivity contribution is 0.173. The highest BCUT2D eigenvalue weighted by molar-refractivity contribution is 5.64. The zero-order chi connectivity index (χ0) is 8.27. The van der Waals surface area contributed by atoms with Gasteiger partial charge in [0.1, 0.15) is 0 Å². The maximum Gasteiger partial charge on any atom is 0.404 e. The van der Waals surface area contributed by atoms with Gasteiger partial charge in [-0.1, -0.05) is 6.42 Å². The molecule has 4 nitrogen and oxygen atoms in total. The normalized spacial score (nSPS) is 30.3. The number of hydrogen-bond donors (Lipinski definition) is 3. The maximum atomic E-state index is 10.2. The third-order valence-corrected chi connectivity index (χ3v) is 2.20. The minimum absolute atomic E-state index is 0.0301. The van der Waals surface area contributed by atoms with Gasteiger partial charge in [-0.05, 0) is 12.8 Å². The fourth-order valence-corrected chi connectivity index (χ4v) is 1.60. The second-order valence-corrected chi connectivity index (χ2v) is 2.93. The first kappa shape index (κ1) is 8.33. The average Bonchev–Trinajstić information content (AvgIpc) is 2.34. The van der Waals surface area contributed by atoms with Crippen LogP contribution >= 0.6 is 0 Å². The molecule has 2 atom stereocenters. The Morgan fingerprint density at radius 3 is 2.82 bits per heavy atom. The first-order chi connectivity index (χ1) is 5.24. The SMILES string of the molecule is O=C(O)N[C@@H]1CCC[C@H]1CO. The summed E-state index contributed by atoms with van der Waals surface area (Å²) in [4.78, 5) is 10.2. The monoisotopic (exact) mass is 159 g/mol. The van der Waals surface area contributed by atoms with Gasteiger partial charge in [0.05, 0.1) is 0 Å². The smallest absolute Gasteiger partial charge is 0.404 e. The fraction of sp³-hybridized carbons (Fsp3) is 0.857. The van der Waals surface area contributed by atoms with Crippen LogP contribution in [0.3, 0.4) is 0 Å². The lowest BCUT2D eigenvalue weighted by Crippen LogP contribution is -2.37. The first-order valence-corrected chi connectivity index (χ1v) is 3.84. The van der Waals surface area contributed by atoms with Gasteiger partial charge in [0.2, 0.25) is 0 Å². The summed E-state index contributed by atoms with van der Waals surface area (Å²) in [6, 6.07) is -0.0301.